The number of benzene rings is 1. The van der Waals surface area contributed by atoms with Gasteiger partial charge in [0, 0.05) is 41.9 Å². The molecule has 190 valence electrons. The summed E-state index contributed by atoms with van der Waals surface area (Å²) in [7, 11) is 1.81. The van der Waals surface area contributed by atoms with Crippen LogP contribution < -0.4 is 4.90 Å². The monoisotopic (exact) mass is 529 g/mol. The molecule has 0 bridgehead atoms. The van der Waals surface area contributed by atoms with Gasteiger partial charge in [0.05, 0.1) is 16.4 Å². The molecular weight excluding hydrogens is 502 g/mol. The Morgan fingerprint density at radius 2 is 1.92 bits per heavy atom. The summed E-state index contributed by atoms with van der Waals surface area (Å²) < 4.78 is 1.89. The number of hydrogen-bond donors (Lipinski definition) is 1. The van der Waals surface area contributed by atoms with E-state index in [1.165, 1.54) is 34.2 Å². The molecule has 11 heteroatoms. The first-order chi connectivity index (χ1) is 16.9. The van der Waals surface area contributed by atoms with Gasteiger partial charge in [0.15, 0.2) is 5.82 Å². The number of carboxylic acid groups (broad SMARTS) is 1. The molecule has 1 aliphatic heterocycles. The lowest BCUT2D eigenvalue weighted by atomic mass is 9.95. The molecule has 1 fully saturated rings. The van der Waals surface area contributed by atoms with Gasteiger partial charge in [-0.25, -0.2) is 4.79 Å². The van der Waals surface area contributed by atoms with Gasteiger partial charge in [0.2, 0.25) is 11.9 Å². The number of likely N-dealkylation sites (tertiary alicyclic amines) is 1. The number of hydrogen-bond acceptors (Lipinski definition) is 7. The van der Waals surface area contributed by atoms with Gasteiger partial charge in [-0.1, -0.05) is 38.4 Å². The van der Waals surface area contributed by atoms with E-state index in [1.807, 2.05) is 49.8 Å². The number of rotatable bonds is 6. The summed E-state index contributed by atoms with van der Waals surface area (Å²) in [5.74, 6) is -0.834. The number of amides is 1. The summed E-state index contributed by atoms with van der Waals surface area (Å²) in [4.78, 5) is 47.0. The minimum Gasteiger partial charge on any atom is -0.478 e. The summed E-state index contributed by atoms with van der Waals surface area (Å²) in [6.45, 7) is 7.21. The fraction of sp³-hybridized carbons (Fsp3) is 0.400. The van der Waals surface area contributed by atoms with Gasteiger partial charge in [0.1, 0.15) is 0 Å². The maximum atomic E-state index is 13.5. The Labute approximate surface area is 218 Å². The lowest BCUT2D eigenvalue weighted by molar-refractivity contribution is -0.138. The number of halogens is 1. The largest absolute Gasteiger partial charge is 0.478 e. The second-order valence-corrected chi connectivity index (χ2v) is 11.7. The fourth-order valence-electron chi connectivity index (χ4n) is 4.15. The normalized spacial score (nSPS) is 15.8. The van der Waals surface area contributed by atoms with E-state index in [0.717, 1.165) is 4.88 Å². The van der Waals surface area contributed by atoms with E-state index in [-0.39, 0.29) is 23.0 Å². The molecule has 1 amide bonds. The van der Waals surface area contributed by atoms with Gasteiger partial charge >= 0.3 is 5.97 Å². The molecule has 0 spiro atoms. The molecule has 2 aromatic heterocycles. The van der Waals surface area contributed by atoms with E-state index >= 15 is 0 Å². The lowest BCUT2D eigenvalue weighted by Crippen LogP contribution is -2.37. The molecule has 1 aliphatic rings. The van der Waals surface area contributed by atoms with Crippen molar-refractivity contribution in [1.29, 1.82) is 0 Å². The number of thiophene rings is 1. The van der Waals surface area contributed by atoms with Gasteiger partial charge < -0.3 is 14.9 Å². The summed E-state index contributed by atoms with van der Waals surface area (Å²) in [6.07, 6.45) is 0.693. The van der Waals surface area contributed by atoms with Crippen LogP contribution in [-0.4, -0.2) is 62.7 Å². The van der Waals surface area contributed by atoms with E-state index in [1.54, 1.807) is 6.07 Å². The van der Waals surface area contributed by atoms with Gasteiger partial charge in [-0.3, -0.25) is 9.59 Å². The summed E-state index contributed by atoms with van der Waals surface area (Å²) in [6, 6.07) is 9.56. The van der Waals surface area contributed by atoms with Crippen LogP contribution in [0.1, 0.15) is 64.5 Å². The number of carbonyl (C=O) groups excluding carboxylic acids is 2. The second kappa shape index (κ2) is 10.0. The number of nitrogens with zero attached hydrogens (tertiary/aromatic N) is 5. The Morgan fingerprint density at radius 1 is 1.19 bits per heavy atom. The van der Waals surface area contributed by atoms with Crippen LogP contribution in [0.15, 0.2) is 36.4 Å². The number of aromatic carboxylic acids is 1. The molecule has 0 radical (unpaired) electrons. The maximum Gasteiger partial charge on any atom is 0.335 e. The first-order valence-corrected chi connectivity index (χ1v) is 12.7. The molecular formula is C25H28ClN5O4S. The summed E-state index contributed by atoms with van der Waals surface area (Å²) in [5.41, 5.74) is -0.284. The standard InChI is InChI=1S/C25H28ClN5O4S/c1-25(2,3)23(35)30-11-10-17(13-30)20-27-24(29(4)14-18-8-9-19(26)36-18)31(28-20)21(32)15-6-5-7-16(12-15)22(33)34/h5-9,12,17H,10-11,13-14H2,1-4H3,(H,33,34). The molecule has 0 saturated carbocycles. The molecule has 9 nitrogen and oxygen atoms in total. The Balaban J connectivity index is 1.67. The lowest BCUT2D eigenvalue weighted by Gasteiger charge is -2.25. The second-order valence-electron chi connectivity index (χ2n) is 9.92. The zero-order valence-electron chi connectivity index (χ0n) is 20.6. The zero-order chi connectivity index (χ0) is 26.2. The van der Waals surface area contributed by atoms with Crippen molar-refractivity contribution in [3.63, 3.8) is 0 Å². The van der Waals surface area contributed by atoms with Crippen molar-refractivity contribution in [1.82, 2.24) is 19.7 Å². The van der Waals surface area contributed by atoms with Crippen molar-refractivity contribution in [3.05, 3.63) is 62.6 Å². The SMILES string of the molecule is CN(Cc1ccc(Cl)s1)c1nc(C2CCN(C(=O)C(C)(C)C)C2)nn1C(=O)c1cccc(C(=O)O)c1. The van der Waals surface area contributed by atoms with Crippen LogP contribution in [0.2, 0.25) is 4.34 Å². The van der Waals surface area contributed by atoms with Crippen LogP contribution in [0.4, 0.5) is 5.95 Å². The Hall–Kier alpha value is -3.24. The molecule has 1 saturated heterocycles. The minimum absolute atomic E-state index is 0.0106. The van der Waals surface area contributed by atoms with Crippen molar-refractivity contribution >= 4 is 46.7 Å². The molecule has 1 N–H and O–H groups in total. The molecule has 1 aromatic carbocycles. The van der Waals surface area contributed by atoms with Gasteiger partial charge in [0.25, 0.3) is 5.91 Å². The quantitative estimate of drug-likeness (QED) is 0.504. The Morgan fingerprint density at radius 3 is 2.56 bits per heavy atom. The smallest absolute Gasteiger partial charge is 0.335 e. The molecule has 1 unspecified atom stereocenters. The topological polar surface area (TPSA) is 109 Å². The van der Waals surface area contributed by atoms with Crippen molar-refractivity contribution in [2.45, 2.75) is 39.7 Å². The van der Waals surface area contributed by atoms with Crippen molar-refractivity contribution in [2.24, 2.45) is 5.41 Å². The summed E-state index contributed by atoms with van der Waals surface area (Å²) >= 11 is 7.52. The number of anilines is 1. The van der Waals surface area contributed by atoms with E-state index in [2.05, 4.69) is 5.10 Å². The highest BCUT2D eigenvalue weighted by molar-refractivity contribution is 7.16. The van der Waals surface area contributed by atoms with Crippen LogP contribution in [0, 0.1) is 5.41 Å². The number of carbonyl (C=O) groups is 3. The van der Waals surface area contributed by atoms with Gasteiger partial charge in [-0.2, -0.15) is 9.67 Å². The first kappa shape index (κ1) is 25.8. The zero-order valence-corrected chi connectivity index (χ0v) is 22.1. The van der Waals surface area contributed by atoms with Gasteiger partial charge in [-0.15, -0.1) is 16.4 Å². The van der Waals surface area contributed by atoms with Crippen LogP contribution in [0.5, 0.6) is 0 Å². The maximum absolute atomic E-state index is 13.5. The van der Waals surface area contributed by atoms with Crippen LogP contribution in [0.3, 0.4) is 0 Å². The molecule has 36 heavy (non-hydrogen) atoms. The average molecular weight is 530 g/mol. The average Bonchev–Trinajstić information content (AvgIpc) is 3.57. The predicted octanol–water partition coefficient (Wildman–Crippen LogP) is 4.38. The number of carboxylic acids is 1. The van der Waals surface area contributed by atoms with Crippen molar-refractivity contribution < 1.29 is 19.5 Å². The Bertz CT molecular complexity index is 1310. The number of aromatic nitrogens is 3. The van der Waals surface area contributed by atoms with E-state index in [4.69, 9.17) is 16.6 Å². The highest BCUT2D eigenvalue weighted by Crippen LogP contribution is 2.31. The molecule has 3 heterocycles. The summed E-state index contributed by atoms with van der Waals surface area (Å²) in [5, 5.41) is 13.9. The van der Waals surface area contributed by atoms with Crippen LogP contribution in [-0.2, 0) is 11.3 Å². The van der Waals surface area contributed by atoms with E-state index in [9.17, 15) is 19.5 Å². The van der Waals surface area contributed by atoms with E-state index in [0.29, 0.717) is 42.2 Å². The highest BCUT2D eigenvalue weighted by atomic mass is 35.5. The molecule has 4 rings (SSSR count). The third kappa shape index (κ3) is 5.44. The fourth-order valence-corrected chi connectivity index (χ4v) is 5.30. The van der Waals surface area contributed by atoms with Crippen LogP contribution >= 0.6 is 22.9 Å². The third-order valence-corrected chi connectivity index (χ3v) is 7.22. The highest BCUT2D eigenvalue weighted by Gasteiger charge is 2.36. The minimum atomic E-state index is -1.12. The molecule has 3 aromatic rings. The molecule has 0 aliphatic carbocycles. The van der Waals surface area contributed by atoms with Crippen molar-refractivity contribution in [3.8, 4) is 0 Å². The Kier molecular flexibility index (Phi) is 7.19. The van der Waals surface area contributed by atoms with Crippen LogP contribution in [0.25, 0.3) is 0 Å². The third-order valence-electron chi connectivity index (χ3n) is 6.00. The van der Waals surface area contributed by atoms with Crippen molar-refractivity contribution in [2.75, 3.05) is 25.0 Å². The molecule has 1 atom stereocenters. The first-order valence-electron chi connectivity index (χ1n) is 11.5. The van der Waals surface area contributed by atoms with Gasteiger partial charge in [-0.05, 0) is 36.8 Å². The predicted molar refractivity (Wildman–Crippen MR) is 138 cm³/mol. The van der Waals surface area contributed by atoms with E-state index < -0.39 is 17.3 Å².